The maximum Gasteiger partial charge on any atom is 0.161 e. The van der Waals surface area contributed by atoms with Gasteiger partial charge in [0.1, 0.15) is 0 Å². The van der Waals surface area contributed by atoms with Crippen LogP contribution in [0.3, 0.4) is 0 Å². The summed E-state index contributed by atoms with van der Waals surface area (Å²) in [5, 5.41) is 4.97. The molecule has 0 N–H and O–H groups in total. The molecule has 0 saturated heterocycles. The van der Waals surface area contributed by atoms with Gasteiger partial charge in [0.25, 0.3) is 0 Å². The number of ketones is 1. The maximum absolute atomic E-state index is 11.4. The van der Waals surface area contributed by atoms with Crippen LogP contribution >= 0.6 is 11.6 Å². The third-order valence-electron chi connectivity index (χ3n) is 3.11. The molecule has 1 heterocycles. The van der Waals surface area contributed by atoms with E-state index in [0.717, 1.165) is 16.8 Å². The summed E-state index contributed by atoms with van der Waals surface area (Å²) >= 11 is 6.15. The highest BCUT2D eigenvalue weighted by atomic mass is 35.5. The molecule has 0 saturated carbocycles. The van der Waals surface area contributed by atoms with Crippen LogP contribution in [-0.2, 0) is 0 Å². The fraction of sp³-hybridized carbons (Fsp3) is 0.333. The summed E-state index contributed by atoms with van der Waals surface area (Å²) < 4.78 is 1.93. The first kappa shape index (κ1) is 13.8. The van der Waals surface area contributed by atoms with E-state index in [-0.39, 0.29) is 5.78 Å². The summed E-state index contributed by atoms with van der Waals surface area (Å²) in [6.45, 7) is 7.66. The summed E-state index contributed by atoms with van der Waals surface area (Å²) in [6, 6.07) is 5.83. The lowest BCUT2D eigenvalue weighted by Gasteiger charge is -2.04. The Morgan fingerprint density at radius 3 is 2.53 bits per heavy atom. The van der Waals surface area contributed by atoms with Gasteiger partial charge in [-0.15, -0.1) is 0 Å². The van der Waals surface area contributed by atoms with Crippen LogP contribution in [0.15, 0.2) is 24.4 Å². The summed E-state index contributed by atoms with van der Waals surface area (Å²) in [7, 11) is 0. The summed E-state index contributed by atoms with van der Waals surface area (Å²) in [5.74, 6) is -0.0221. The number of Topliss-reactive ketones (excluding diaryl/α,β-unsaturated/α-hetero) is 1. The molecule has 0 atom stereocenters. The van der Waals surface area contributed by atoms with Crippen LogP contribution in [-0.4, -0.2) is 15.6 Å². The predicted octanol–water partition coefficient (Wildman–Crippen LogP) is 4.30. The molecular formula is C15H17ClN2O. The number of aromatic nitrogens is 2. The Morgan fingerprint density at radius 2 is 2.05 bits per heavy atom. The highest BCUT2D eigenvalue weighted by molar-refractivity contribution is 6.34. The second-order valence-corrected chi connectivity index (χ2v) is 5.36. The number of hydrogen-bond acceptors (Lipinski definition) is 2. The van der Waals surface area contributed by atoms with Crippen molar-refractivity contribution in [2.75, 3.05) is 0 Å². The first-order valence-electron chi connectivity index (χ1n) is 6.26. The standard InChI is InChI=1S/C15H17ClN2O/c1-9(2)18-8-14(10(3)17-18)12-5-6-13(11(4)19)15(16)7-12/h5-9H,1-4H3. The van der Waals surface area contributed by atoms with Gasteiger partial charge in [0.15, 0.2) is 5.78 Å². The zero-order chi connectivity index (χ0) is 14.2. The van der Waals surface area contributed by atoms with Gasteiger partial charge in [-0.2, -0.15) is 5.10 Å². The monoisotopic (exact) mass is 276 g/mol. The van der Waals surface area contributed by atoms with E-state index in [2.05, 4.69) is 18.9 Å². The molecule has 0 aliphatic carbocycles. The molecule has 0 fully saturated rings. The third kappa shape index (κ3) is 2.71. The Hall–Kier alpha value is -1.61. The second-order valence-electron chi connectivity index (χ2n) is 4.95. The van der Waals surface area contributed by atoms with E-state index < -0.39 is 0 Å². The van der Waals surface area contributed by atoms with Gasteiger partial charge in [-0.05, 0) is 45.4 Å². The Morgan fingerprint density at radius 1 is 1.37 bits per heavy atom. The molecule has 0 radical (unpaired) electrons. The van der Waals surface area contributed by atoms with Gasteiger partial charge in [0.2, 0.25) is 0 Å². The zero-order valence-corrected chi connectivity index (χ0v) is 12.3. The topological polar surface area (TPSA) is 34.9 Å². The summed E-state index contributed by atoms with van der Waals surface area (Å²) in [5.41, 5.74) is 3.55. The molecule has 0 aliphatic rings. The van der Waals surface area contributed by atoms with Crippen molar-refractivity contribution >= 4 is 17.4 Å². The Kier molecular flexibility index (Phi) is 3.76. The summed E-state index contributed by atoms with van der Waals surface area (Å²) in [6.07, 6.45) is 2.01. The van der Waals surface area contributed by atoms with E-state index in [9.17, 15) is 4.79 Å². The first-order valence-corrected chi connectivity index (χ1v) is 6.64. The van der Waals surface area contributed by atoms with Crippen LogP contribution in [0.25, 0.3) is 11.1 Å². The normalized spacial score (nSPS) is 11.1. The van der Waals surface area contributed by atoms with Crippen LogP contribution in [0.1, 0.15) is 42.9 Å². The Labute approximate surface area is 118 Å². The van der Waals surface area contributed by atoms with Gasteiger partial charge >= 0.3 is 0 Å². The first-order chi connectivity index (χ1) is 8.90. The molecule has 19 heavy (non-hydrogen) atoms. The van der Waals surface area contributed by atoms with Gasteiger partial charge in [-0.1, -0.05) is 17.7 Å². The SMILES string of the molecule is CC(=O)c1ccc(-c2cn(C(C)C)nc2C)cc1Cl. The molecule has 100 valence electrons. The van der Waals surface area contributed by atoms with E-state index in [1.54, 1.807) is 6.07 Å². The van der Waals surface area contributed by atoms with Crippen molar-refractivity contribution in [1.29, 1.82) is 0 Å². The highest BCUT2D eigenvalue weighted by Crippen LogP contribution is 2.28. The minimum absolute atomic E-state index is 0.0221. The lowest BCUT2D eigenvalue weighted by atomic mass is 10.0. The van der Waals surface area contributed by atoms with Crippen molar-refractivity contribution in [3.05, 3.63) is 40.7 Å². The molecular weight excluding hydrogens is 260 g/mol. The van der Waals surface area contributed by atoms with Crippen LogP contribution < -0.4 is 0 Å². The van der Waals surface area contributed by atoms with Crippen molar-refractivity contribution in [3.8, 4) is 11.1 Å². The highest BCUT2D eigenvalue weighted by Gasteiger charge is 2.12. The summed E-state index contributed by atoms with van der Waals surface area (Å²) in [4.78, 5) is 11.4. The van der Waals surface area contributed by atoms with E-state index in [1.165, 1.54) is 6.92 Å². The molecule has 0 amide bonds. The Bertz CT molecular complexity index is 629. The average molecular weight is 277 g/mol. The van der Waals surface area contributed by atoms with Gasteiger partial charge in [-0.25, -0.2) is 0 Å². The zero-order valence-electron chi connectivity index (χ0n) is 11.6. The van der Waals surface area contributed by atoms with Crippen molar-refractivity contribution in [3.63, 3.8) is 0 Å². The molecule has 0 unspecified atom stereocenters. The van der Waals surface area contributed by atoms with Crippen LogP contribution in [0.5, 0.6) is 0 Å². The molecule has 4 heteroatoms. The fourth-order valence-corrected chi connectivity index (χ4v) is 2.31. The van der Waals surface area contributed by atoms with Gasteiger partial charge in [0, 0.05) is 23.4 Å². The third-order valence-corrected chi connectivity index (χ3v) is 3.42. The Balaban J connectivity index is 2.48. The lowest BCUT2D eigenvalue weighted by molar-refractivity contribution is 0.101. The molecule has 1 aromatic carbocycles. The number of carbonyl (C=O) groups excluding carboxylic acids is 1. The average Bonchev–Trinajstić information content (AvgIpc) is 2.71. The quantitative estimate of drug-likeness (QED) is 0.784. The van der Waals surface area contributed by atoms with Crippen molar-refractivity contribution < 1.29 is 4.79 Å². The van der Waals surface area contributed by atoms with Gasteiger partial charge in [-0.3, -0.25) is 9.48 Å². The van der Waals surface area contributed by atoms with E-state index >= 15 is 0 Å². The fourth-order valence-electron chi connectivity index (χ4n) is 2.00. The molecule has 0 bridgehead atoms. The molecule has 1 aromatic heterocycles. The maximum atomic E-state index is 11.4. The second kappa shape index (κ2) is 5.17. The number of aryl methyl sites for hydroxylation is 1. The van der Waals surface area contributed by atoms with E-state index in [1.807, 2.05) is 29.9 Å². The van der Waals surface area contributed by atoms with Gasteiger partial charge < -0.3 is 0 Å². The number of halogens is 1. The number of carbonyl (C=O) groups is 1. The van der Waals surface area contributed by atoms with Crippen molar-refractivity contribution in [2.45, 2.75) is 33.7 Å². The smallest absolute Gasteiger partial charge is 0.161 e. The molecule has 0 spiro atoms. The van der Waals surface area contributed by atoms with E-state index in [0.29, 0.717) is 16.6 Å². The van der Waals surface area contributed by atoms with E-state index in [4.69, 9.17) is 11.6 Å². The number of hydrogen-bond donors (Lipinski definition) is 0. The molecule has 2 aromatic rings. The van der Waals surface area contributed by atoms with Crippen molar-refractivity contribution in [1.82, 2.24) is 9.78 Å². The number of benzene rings is 1. The van der Waals surface area contributed by atoms with Gasteiger partial charge in [0.05, 0.1) is 10.7 Å². The largest absolute Gasteiger partial charge is 0.294 e. The number of rotatable bonds is 3. The molecule has 2 rings (SSSR count). The number of nitrogens with zero attached hydrogens (tertiary/aromatic N) is 2. The van der Waals surface area contributed by atoms with Crippen LogP contribution in [0.4, 0.5) is 0 Å². The molecule has 0 aliphatic heterocycles. The predicted molar refractivity (Wildman–Crippen MR) is 77.8 cm³/mol. The van der Waals surface area contributed by atoms with Crippen LogP contribution in [0, 0.1) is 6.92 Å². The van der Waals surface area contributed by atoms with Crippen LogP contribution in [0.2, 0.25) is 5.02 Å². The van der Waals surface area contributed by atoms with Crippen molar-refractivity contribution in [2.24, 2.45) is 0 Å². The minimum Gasteiger partial charge on any atom is -0.294 e. The minimum atomic E-state index is -0.0221. The molecule has 3 nitrogen and oxygen atoms in total. The lowest BCUT2D eigenvalue weighted by Crippen LogP contribution is -2.00.